The van der Waals surface area contributed by atoms with Gasteiger partial charge in [0.2, 0.25) is 10.0 Å². The SMILES string of the molecule is CC(C)(C)S(=O)(=O)N1CC1CCCCBr. The molecule has 0 bridgehead atoms. The van der Waals surface area contributed by atoms with E-state index in [0.29, 0.717) is 0 Å². The number of halogens is 1. The molecule has 0 amide bonds. The maximum absolute atomic E-state index is 12.0. The summed E-state index contributed by atoms with van der Waals surface area (Å²) in [5.41, 5.74) is 0. The van der Waals surface area contributed by atoms with Gasteiger partial charge in [-0.1, -0.05) is 22.4 Å². The molecule has 0 saturated carbocycles. The van der Waals surface area contributed by atoms with E-state index in [1.54, 1.807) is 25.1 Å². The maximum atomic E-state index is 12.0. The lowest BCUT2D eigenvalue weighted by Crippen LogP contribution is -2.34. The number of rotatable bonds is 5. The second-order valence-corrected chi connectivity index (χ2v) is 8.46. The van der Waals surface area contributed by atoms with Gasteiger partial charge in [-0.25, -0.2) is 8.42 Å². The number of hydrogen-bond donors (Lipinski definition) is 0. The second-order valence-electron chi connectivity index (χ2n) is 5.03. The fraction of sp³-hybridized carbons (Fsp3) is 1.00. The van der Waals surface area contributed by atoms with Crippen LogP contribution in [0.4, 0.5) is 0 Å². The Balaban J connectivity index is 2.44. The first kappa shape index (κ1) is 13.5. The summed E-state index contributed by atoms with van der Waals surface area (Å²) in [4.78, 5) is 0. The Kier molecular flexibility index (Phi) is 4.23. The molecule has 1 rings (SSSR count). The van der Waals surface area contributed by atoms with Crippen molar-refractivity contribution in [1.29, 1.82) is 0 Å². The molecule has 1 aliphatic heterocycles. The van der Waals surface area contributed by atoms with E-state index in [9.17, 15) is 8.42 Å². The summed E-state index contributed by atoms with van der Waals surface area (Å²) in [7, 11) is -3.07. The number of alkyl halides is 1. The van der Waals surface area contributed by atoms with Crippen molar-refractivity contribution in [2.24, 2.45) is 0 Å². The lowest BCUT2D eigenvalue weighted by molar-refractivity contribution is 0.509. The molecule has 0 N–H and O–H groups in total. The van der Waals surface area contributed by atoms with Gasteiger partial charge in [0.15, 0.2) is 0 Å². The molecule has 0 aromatic rings. The zero-order chi connectivity index (χ0) is 11.7. The highest BCUT2D eigenvalue weighted by Gasteiger charge is 2.48. The Morgan fingerprint density at radius 2 is 1.93 bits per heavy atom. The van der Waals surface area contributed by atoms with Crippen LogP contribution in [0.25, 0.3) is 0 Å². The number of hydrogen-bond acceptors (Lipinski definition) is 2. The molecule has 2 unspecified atom stereocenters. The van der Waals surface area contributed by atoms with Crippen molar-refractivity contribution >= 4 is 26.0 Å². The smallest absolute Gasteiger partial charge is 0.212 e. The molecule has 0 aromatic carbocycles. The van der Waals surface area contributed by atoms with Crippen molar-refractivity contribution in [2.45, 2.75) is 50.8 Å². The highest BCUT2D eigenvalue weighted by atomic mass is 79.9. The van der Waals surface area contributed by atoms with Crippen LogP contribution in [0.3, 0.4) is 0 Å². The molecule has 1 aliphatic rings. The second kappa shape index (κ2) is 4.72. The molecule has 90 valence electrons. The van der Waals surface area contributed by atoms with E-state index >= 15 is 0 Å². The summed E-state index contributed by atoms with van der Waals surface area (Å²) in [6.07, 6.45) is 3.23. The van der Waals surface area contributed by atoms with E-state index in [-0.39, 0.29) is 6.04 Å². The van der Waals surface area contributed by atoms with Gasteiger partial charge in [-0.05, 0) is 33.6 Å². The van der Waals surface area contributed by atoms with Gasteiger partial charge in [0.25, 0.3) is 0 Å². The lowest BCUT2D eigenvalue weighted by Gasteiger charge is -2.20. The van der Waals surface area contributed by atoms with E-state index in [4.69, 9.17) is 0 Å². The summed E-state index contributed by atoms with van der Waals surface area (Å²) in [6, 6.07) is 0.272. The first-order valence-electron chi connectivity index (χ1n) is 5.38. The monoisotopic (exact) mass is 297 g/mol. The van der Waals surface area contributed by atoms with Crippen molar-refractivity contribution in [3.63, 3.8) is 0 Å². The third-order valence-electron chi connectivity index (χ3n) is 2.67. The third-order valence-corrected chi connectivity index (χ3v) is 5.84. The summed E-state index contributed by atoms with van der Waals surface area (Å²) in [5, 5.41) is 1.01. The molecule has 0 spiro atoms. The number of unbranched alkanes of at least 4 members (excludes halogenated alkanes) is 1. The predicted octanol–water partition coefficient (Wildman–Crippen LogP) is 2.36. The summed E-state index contributed by atoms with van der Waals surface area (Å²) in [6.45, 7) is 6.00. The quantitative estimate of drug-likeness (QED) is 0.444. The van der Waals surface area contributed by atoms with Crippen LogP contribution in [0.1, 0.15) is 40.0 Å². The van der Waals surface area contributed by atoms with Crippen molar-refractivity contribution in [1.82, 2.24) is 4.31 Å². The molecule has 1 heterocycles. The van der Waals surface area contributed by atoms with Crippen molar-refractivity contribution in [3.8, 4) is 0 Å². The van der Waals surface area contributed by atoms with Crippen LogP contribution in [-0.4, -0.2) is 35.4 Å². The summed E-state index contributed by atoms with van der Waals surface area (Å²) < 4.78 is 24.9. The van der Waals surface area contributed by atoms with Crippen LogP contribution in [0.5, 0.6) is 0 Å². The highest BCUT2D eigenvalue weighted by molar-refractivity contribution is 9.09. The van der Waals surface area contributed by atoms with Gasteiger partial charge in [-0.3, -0.25) is 0 Å². The molecule has 0 aliphatic carbocycles. The average molecular weight is 298 g/mol. The summed E-state index contributed by atoms with van der Waals surface area (Å²) >= 11 is 3.37. The molecule has 3 nitrogen and oxygen atoms in total. The lowest BCUT2D eigenvalue weighted by atomic mass is 10.2. The van der Waals surface area contributed by atoms with Crippen LogP contribution < -0.4 is 0 Å². The molecule has 0 aromatic heterocycles. The van der Waals surface area contributed by atoms with E-state index in [2.05, 4.69) is 15.9 Å². The van der Waals surface area contributed by atoms with Crippen molar-refractivity contribution in [2.75, 3.05) is 11.9 Å². The highest BCUT2D eigenvalue weighted by Crippen LogP contribution is 2.33. The normalized spacial score (nSPS) is 26.7. The Bertz CT molecular complexity index is 308. The van der Waals surface area contributed by atoms with E-state index in [0.717, 1.165) is 31.1 Å². The van der Waals surface area contributed by atoms with Crippen LogP contribution in [0.2, 0.25) is 0 Å². The van der Waals surface area contributed by atoms with Crippen LogP contribution >= 0.6 is 15.9 Å². The largest absolute Gasteiger partial charge is 0.219 e. The average Bonchev–Trinajstić information content (AvgIpc) is 2.82. The van der Waals surface area contributed by atoms with E-state index < -0.39 is 14.8 Å². The van der Waals surface area contributed by atoms with Crippen molar-refractivity contribution < 1.29 is 8.42 Å². The molecular formula is C10H20BrNO2S. The number of sulfonamides is 1. The molecule has 1 fully saturated rings. The fourth-order valence-corrected chi connectivity index (χ4v) is 3.48. The third kappa shape index (κ3) is 3.17. The van der Waals surface area contributed by atoms with Gasteiger partial charge < -0.3 is 0 Å². The van der Waals surface area contributed by atoms with E-state index in [1.165, 1.54) is 0 Å². The molecule has 0 radical (unpaired) electrons. The Morgan fingerprint density at radius 1 is 1.33 bits per heavy atom. The maximum Gasteiger partial charge on any atom is 0.219 e. The zero-order valence-electron chi connectivity index (χ0n) is 9.66. The van der Waals surface area contributed by atoms with Crippen molar-refractivity contribution in [3.05, 3.63) is 0 Å². The van der Waals surface area contributed by atoms with Gasteiger partial charge >= 0.3 is 0 Å². The Morgan fingerprint density at radius 3 is 2.40 bits per heavy atom. The standard InChI is InChI=1S/C10H20BrNO2S/c1-10(2,3)15(13,14)12-8-9(12)6-4-5-7-11/h9H,4-8H2,1-3H3. The molecule has 15 heavy (non-hydrogen) atoms. The zero-order valence-corrected chi connectivity index (χ0v) is 12.1. The van der Waals surface area contributed by atoms with Crippen LogP contribution in [0.15, 0.2) is 0 Å². The minimum Gasteiger partial charge on any atom is -0.212 e. The van der Waals surface area contributed by atoms with Gasteiger partial charge in [-0.15, -0.1) is 0 Å². The van der Waals surface area contributed by atoms with Gasteiger partial charge in [0.05, 0.1) is 4.75 Å². The topological polar surface area (TPSA) is 37.1 Å². The Hall–Kier alpha value is 0.390. The fourth-order valence-electron chi connectivity index (χ4n) is 1.52. The Labute approximate surface area is 101 Å². The first-order chi connectivity index (χ1) is 6.80. The number of nitrogens with zero attached hydrogens (tertiary/aromatic N) is 1. The van der Waals surface area contributed by atoms with Gasteiger partial charge in [-0.2, -0.15) is 4.31 Å². The minimum atomic E-state index is -3.07. The van der Waals surface area contributed by atoms with E-state index in [1.807, 2.05) is 0 Å². The summed E-state index contributed by atoms with van der Waals surface area (Å²) in [5.74, 6) is 0. The molecule has 2 atom stereocenters. The minimum absolute atomic E-state index is 0.272. The van der Waals surface area contributed by atoms with Crippen LogP contribution in [-0.2, 0) is 10.0 Å². The van der Waals surface area contributed by atoms with Gasteiger partial charge in [0, 0.05) is 17.9 Å². The van der Waals surface area contributed by atoms with Gasteiger partial charge in [0.1, 0.15) is 0 Å². The molecule has 1 saturated heterocycles. The molecular weight excluding hydrogens is 278 g/mol. The van der Waals surface area contributed by atoms with Crippen LogP contribution in [0, 0.1) is 0 Å². The molecule has 5 heteroatoms. The first-order valence-corrected chi connectivity index (χ1v) is 7.94. The predicted molar refractivity (Wildman–Crippen MR) is 66.8 cm³/mol.